The van der Waals surface area contributed by atoms with E-state index in [1.54, 1.807) is 0 Å². The highest BCUT2D eigenvalue weighted by Crippen LogP contribution is 2.24. The van der Waals surface area contributed by atoms with Gasteiger partial charge in [0, 0.05) is 6.54 Å². The molecule has 3 heteroatoms. The van der Waals surface area contributed by atoms with Crippen LogP contribution in [-0.4, -0.2) is 32.9 Å². The van der Waals surface area contributed by atoms with Gasteiger partial charge in [0.2, 0.25) is 0 Å². The quantitative estimate of drug-likeness (QED) is 0.733. The standard InChI is InChI=1S/C16H27NO2/c1-5-17-10-11-18-12-13-19-15-8-6-14(7-9-15)16(2,3)4/h6-9,17H,5,10-13H2,1-4H3. The molecule has 108 valence electrons. The highest BCUT2D eigenvalue weighted by Gasteiger charge is 2.12. The van der Waals surface area contributed by atoms with Crippen molar-refractivity contribution < 1.29 is 9.47 Å². The molecule has 1 N–H and O–H groups in total. The van der Waals surface area contributed by atoms with E-state index in [2.05, 4.69) is 45.1 Å². The second-order valence-corrected chi connectivity index (χ2v) is 5.59. The fourth-order valence-electron chi connectivity index (χ4n) is 1.69. The van der Waals surface area contributed by atoms with Gasteiger partial charge in [0.25, 0.3) is 0 Å². The van der Waals surface area contributed by atoms with E-state index in [1.807, 2.05) is 12.1 Å². The third-order valence-electron chi connectivity index (χ3n) is 2.89. The van der Waals surface area contributed by atoms with Crippen molar-refractivity contribution in [2.45, 2.75) is 33.1 Å². The van der Waals surface area contributed by atoms with Crippen LogP contribution in [0.5, 0.6) is 5.75 Å². The van der Waals surface area contributed by atoms with Crippen molar-refractivity contribution in [2.75, 3.05) is 32.9 Å². The Morgan fingerprint density at radius 1 is 1.00 bits per heavy atom. The topological polar surface area (TPSA) is 30.5 Å². The zero-order valence-corrected chi connectivity index (χ0v) is 12.7. The molecule has 0 saturated carbocycles. The highest BCUT2D eigenvalue weighted by atomic mass is 16.5. The third kappa shape index (κ3) is 6.60. The van der Waals surface area contributed by atoms with E-state index < -0.39 is 0 Å². The fraction of sp³-hybridized carbons (Fsp3) is 0.625. The molecule has 0 spiro atoms. The Morgan fingerprint density at radius 2 is 1.68 bits per heavy atom. The number of likely N-dealkylation sites (N-methyl/N-ethyl adjacent to an activating group) is 1. The van der Waals surface area contributed by atoms with Crippen LogP contribution in [0.3, 0.4) is 0 Å². The molecule has 0 aliphatic carbocycles. The normalized spacial score (nSPS) is 11.6. The number of ether oxygens (including phenoxy) is 2. The molecule has 0 unspecified atom stereocenters. The average Bonchev–Trinajstić information content (AvgIpc) is 2.37. The van der Waals surface area contributed by atoms with Crippen molar-refractivity contribution in [1.29, 1.82) is 0 Å². The van der Waals surface area contributed by atoms with Gasteiger partial charge in [0.05, 0.1) is 13.2 Å². The van der Waals surface area contributed by atoms with Gasteiger partial charge < -0.3 is 14.8 Å². The van der Waals surface area contributed by atoms with Gasteiger partial charge in [0.15, 0.2) is 0 Å². The number of hydrogen-bond donors (Lipinski definition) is 1. The number of rotatable bonds is 8. The summed E-state index contributed by atoms with van der Waals surface area (Å²) in [7, 11) is 0. The van der Waals surface area contributed by atoms with Crippen LogP contribution in [0.1, 0.15) is 33.3 Å². The molecule has 1 aromatic carbocycles. The van der Waals surface area contributed by atoms with Gasteiger partial charge in [-0.05, 0) is 29.7 Å². The van der Waals surface area contributed by atoms with Gasteiger partial charge in [0.1, 0.15) is 12.4 Å². The highest BCUT2D eigenvalue weighted by molar-refractivity contribution is 5.31. The van der Waals surface area contributed by atoms with E-state index in [0.717, 1.165) is 25.4 Å². The monoisotopic (exact) mass is 265 g/mol. The molecule has 0 bridgehead atoms. The molecule has 0 aliphatic rings. The number of nitrogens with one attached hydrogen (secondary N) is 1. The lowest BCUT2D eigenvalue weighted by Crippen LogP contribution is -2.20. The number of benzene rings is 1. The van der Waals surface area contributed by atoms with E-state index in [1.165, 1.54) is 5.56 Å². The predicted octanol–water partition coefficient (Wildman–Crippen LogP) is 2.99. The molecule has 0 saturated heterocycles. The second-order valence-electron chi connectivity index (χ2n) is 5.59. The van der Waals surface area contributed by atoms with Crippen LogP contribution in [0.15, 0.2) is 24.3 Å². The predicted molar refractivity (Wildman–Crippen MR) is 80.0 cm³/mol. The summed E-state index contributed by atoms with van der Waals surface area (Å²) >= 11 is 0. The van der Waals surface area contributed by atoms with Crippen LogP contribution in [-0.2, 0) is 10.2 Å². The Morgan fingerprint density at radius 3 is 2.26 bits per heavy atom. The lowest BCUT2D eigenvalue weighted by molar-refractivity contribution is 0.102. The number of hydrogen-bond acceptors (Lipinski definition) is 3. The van der Waals surface area contributed by atoms with Crippen molar-refractivity contribution >= 4 is 0 Å². The maximum absolute atomic E-state index is 5.63. The third-order valence-corrected chi connectivity index (χ3v) is 2.89. The molecule has 0 aromatic heterocycles. The summed E-state index contributed by atoms with van der Waals surface area (Å²) in [6.45, 7) is 12.6. The molecule has 0 amide bonds. The van der Waals surface area contributed by atoms with E-state index in [0.29, 0.717) is 13.2 Å². The molecule has 1 rings (SSSR count). The lowest BCUT2D eigenvalue weighted by atomic mass is 9.87. The molecule has 1 aromatic rings. The Bertz CT molecular complexity index is 341. The summed E-state index contributed by atoms with van der Waals surface area (Å²) in [5.74, 6) is 0.906. The summed E-state index contributed by atoms with van der Waals surface area (Å²) in [6.07, 6.45) is 0. The SMILES string of the molecule is CCNCCOCCOc1ccc(C(C)(C)C)cc1. The van der Waals surface area contributed by atoms with Crippen molar-refractivity contribution in [3.05, 3.63) is 29.8 Å². The molecule has 0 atom stereocenters. The van der Waals surface area contributed by atoms with Crippen molar-refractivity contribution in [3.8, 4) is 5.75 Å². The Balaban J connectivity index is 2.20. The van der Waals surface area contributed by atoms with Gasteiger partial charge >= 0.3 is 0 Å². The summed E-state index contributed by atoms with van der Waals surface area (Å²) in [5, 5.41) is 3.21. The fourth-order valence-corrected chi connectivity index (χ4v) is 1.69. The summed E-state index contributed by atoms with van der Waals surface area (Å²) in [4.78, 5) is 0. The van der Waals surface area contributed by atoms with E-state index in [4.69, 9.17) is 9.47 Å². The summed E-state index contributed by atoms with van der Waals surface area (Å²) < 4.78 is 11.1. The Kier molecular flexibility index (Phi) is 6.89. The smallest absolute Gasteiger partial charge is 0.119 e. The first-order valence-electron chi connectivity index (χ1n) is 7.06. The first kappa shape index (κ1) is 16.0. The largest absolute Gasteiger partial charge is 0.491 e. The minimum absolute atomic E-state index is 0.188. The summed E-state index contributed by atoms with van der Waals surface area (Å²) in [5.41, 5.74) is 1.51. The van der Waals surface area contributed by atoms with Gasteiger partial charge in [-0.1, -0.05) is 39.8 Å². The summed E-state index contributed by atoms with van der Waals surface area (Å²) in [6, 6.07) is 8.31. The zero-order valence-electron chi connectivity index (χ0n) is 12.7. The molecule has 0 heterocycles. The minimum Gasteiger partial charge on any atom is -0.491 e. The van der Waals surface area contributed by atoms with Crippen LogP contribution >= 0.6 is 0 Å². The Hall–Kier alpha value is -1.06. The molecule has 19 heavy (non-hydrogen) atoms. The Labute approximate surface area is 117 Å². The molecule has 0 aliphatic heterocycles. The van der Waals surface area contributed by atoms with Crippen LogP contribution in [0.2, 0.25) is 0 Å². The van der Waals surface area contributed by atoms with Crippen LogP contribution in [0, 0.1) is 0 Å². The molecular formula is C16H27NO2. The van der Waals surface area contributed by atoms with Gasteiger partial charge in [-0.25, -0.2) is 0 Å². The van der Waals surface area contributed by atoms with Crippen molar-refractivity contribution in [3.63, 3.8) is 0 Å². The van der Waals surface area contributed by atoms with Gasteiger partial charge in [-0.3, -0.25) is 0 Å². The molecule has 0 fully saturated rings. The van der Waals surface area contributed by atoms with E-state index >= 15 is 0 Å². The van der Waals surface area contributed by atoms with Gasteiger partial charge in [-0.15, -0.1) is 0 Å². The first-order valence-corrected chi connectivity index (χ1v) is 7.06. The van der Waals surface area contributed by atoms with Crippen LogP contribution < -0.4 is 10.1 Å². The van der Waals surface area contributed by atoms with E-state index in [-0.39, 0.29) is 5.41 Å². The minimum atomic E-state index is 0.188. The molecule has 0 radical (unpaired) electrons. The molecule has 3 nitrogen and oxygen atoms in total. The zero-order chi connectivity index (χ0) is 14.1. The van der Waals surface area contributed by atoms with Crippen LogP contribution in [0.4, 0.5) is 0 Å². The van der Waals surface area contributed by atoms with E-state index in [9.17, 15) is 0 Å². The maximum Gasteiger partial charge on any atom is 0.119 e. The first-order chi connectivity index (χ1) is 9.04. The van der Waals surface area contributed by atoms with Crippen molar-refractivity contribution in [1.82, 2.24) is 5.32 Å². The second kappa shape index (κ2) is 8.18. The molecular weight excluding hydrogens is 238 g/mol. The maximum atomic E-state index is 5.63. The van der Waals surface area contributed by atoms with Crippen molar-refractivity contribution in [2.24, 2.45) is 0 Å². The van der Waals surface area contributed by atoms with Gasteiger partial charge in [-0.2, -0.15) is 0 Å². The lowest BCUT2D eigenvalue weighted by Gasteiger charge is -2.19. The average molecular weight is 265 g/mol. The van der Waals surface area contributed by atoms with Crippen LogP contribution in [0.25, 0.3) is 0 Å².